The summed E-state index contributed by atoms with van der Waals surface area (Å²) >= 11 is 0. The molecule has 21 heavy (non-hydrogen) atoms. The summed E-state index contributed by atoms with van der Waals surface area (Å²) in [6.07, 6.45) is -2.30. The Balaban J connectivity index is 1.73. The molecule has 0 bridgehead atoms. The Labute approximate surface area is 119 Å². The summed E-state index contributed by atoms with van der Waals surface area (Å²) in [4.78, 5) is 13.9. The van der Waals surface area contributed by atoms with Crippen molar-refractivity contribution in [3.05, 3.63) is 11.6 Å². The van der Waals surface area contributed by atoms with Gasteiger partial charge in [0, 0.05) is 25.0 Å². The predicted octanol–water partition coefficient (Wildman–Crippen LogP) is 0.766. The maximum atomic E-state index is 12.7. The third kappa shape index (κ3) is 2.61. The minimum atomic E-state index is -4.52. The highest BCUT2D eigenvalue weighted by Crippen LogP contribution is 2.31. The average Bonchev–Trinajstić information content (AvgIpc) is 3.02. The van der Waals surface area contributed by atoms with Crippen LogP contribution in [0.3, 0.4) is 0 Å². The maximum absolute atomic E-state index is 12.7. The highest BCUT2D eigenvalue weighted by atomic mass is 19.4. The molecule has 0 aromatic carbocycles. The lowest BCUT2D eigenvalue weighted by Gasteiger charge is -2.30. The lowest BCUT2D eigenvalue weighted by molar-refractivity contribution is -0.148. The third-order valence-electron chi connectivity index (χ3n) is 4.14. The van der Waals surface area contributed by atoms with Crippen LogP contribution in [0.5, 0.6) is 0 Å². The molecule has 1 aliphatic heterocycles. The number of hydrogen-bond donors (Lipinski definition) is 1. The molecule has 1 aliphatic carbocycles. The van der Waals surface area contributed by atoms with E-state index >= 15 is 0 Å². The van der Waals surface area contributed by atoms with E-state index in [1.54, 1.807) is 4.90 Å². The number of nitrogens with two attached hydrogens (primary N) is 1. The van der Waals surface area contributed by atoms with Gasteiger partial charge >= 0.3 is 6.18 Å². The topological polar surface area (TPSA) is 77.0 Å². The smallest absolute Gasteiger partial charge is 0.333 e. The van der Waals surface area contributed by atoms with Crippen LogP contribution in [0.1, 0.15) is 30.9 Å². The van der Waals surface area contributed by atoms with Gasteiger partial charge in [0.2, 0.25) is 11.7 Å². The van der Waals surface area contributed by atoms with E-state index < -0.39 is 12.0 Å². The summed E-state index contributed by atoms with van der Waals surface area (Å²) in [7, 11) is 0. The third-order valence-corrected chi connectivity index (χ3v) is 4.14. The SMILES string of the molecule is NC1CCC(C(=O)N2CCn3c(nnc3C(F)(F)F)C2)C1. The van der Waals surface area contributed by atoms with Crippen molar-refractivity contribution in [1.29, 1.82) is 0 Å². The zero-order chi connectivity index (χ0) is 15.2. The Hall–Kier alpha value is -1.64. The average molecular weight is 303 g/mol. The van der Waals surface area contributed by atoms with Crippen LogP contribution in [-0.4, -0.2) is 38.2 Å². The van der Waals surface area contributed by atoms with Gasteiger partial charge in [-0.2, -0.15) is 13.2 Å². The molecule has 1 aromatic rings. The van der Waals surface area contributed by atoms with Crippen molar-refractivity contribution in [2.45, 2.75) is 44.6 Å². The highest BCUT2D eigenvalue weighted by Gasteiger charge is 2.40. The number of alkyl halides is 3. The van der Waals surface area contributed by atoms with Crippen molar-refractivity contribution < 1.29 is 18.0 Å². The van der Waals surface area contributed by atoms with E-state index in [2.05, 4.69) is 10.2 Å². The van der Waals surface area contributed by atoms with Crippen LogP contribution >= 0.6 is 0 Å². The fraction of sp³-hybridized carbons (Fsp3) is 0.750. The molecule has 2 aliphatic rings. The molecular formula is C12H16F3N5O. The zero-order valence-electron chi connectivity index (χ0n) is 11.3. The number of nitrogens with zero attached hydrogens (tertiary/aromatic N) is 4. The molecule has 2 N–H and O–H groups in total. The predicted molar refractivity (Wildman–Crippen MR) is 65.8 cm³/mol. The molecule has 2 atom stereocenters. The second-order valence-electron chi connectivity index (χ2n) is 5.62. The van der Waals surface area contributed by atoms with Gasteiger partial charge in [0.15, 0.2) is 5.82 Å². The van der Waals surface area contributed by atoms with E-state index in [-0.39, 0.29) is 43.3 Å². The molecular weight excluding hydrogens is 287 g/mol. The number of fused-ring (bicyclic) bond motifs is 1. The minimum Gasteiger partial charge on any atom is -0.333 e. The van der Waals surface area contributed by atoms with Crippen LogP contribution < -0.4 is 5.73 Å². The number of amides is 1. The van der Waals surface area contributed by atoms with Crippen molar-refractivity contribution in [3.63, 3.8) is 0 Å². The van der Waals surface area contributed by atoms with Crippen molar-refractivity contribution in [1.82, 2.24) is 19.7 Å². The summed E-state index contributed by atoms with van der Waals surface area (Å²) in [6.45, 7) is 0.397. The molecule has 3 rings (SSSR count). The van der Waals surface area contributed by atoms with Crippen LogP contribution in [0.2, 0.25) is 0 Å². The minimum absolute atomic E-state index is 0.0363. The number of carbonyl (C=O) groups is 1. The monoisotopic (exact) mass is 303 g/mol. The molecule has 0 saturated heterocycles. The van der Waals surface area contributed by atoms with Gasteiger partial charge in [-0.1, -0.05) is 0 Å². The molecule has 0 spiro atoms. The van der Waals surface area contributed by atoms with Crippen LogP contribution in [0.25, 0.3) is 0 Å². The van der Waals surface area contributed by atoms with Crippen LogP contribution in [0.4, 0.5) is 13.2 Å². The Morgan fingerprint density at radius 1 is 1.24 bits per heavy atom. The first-order valence-corrected chi connectivity index (χ1v) is 6.90. The normalized spacial score (nSPS) is 26.0. The Morgan fingerprint density at radius 3 is 2.62 bits per heavy atom. The van der Waals surface area contributed by atoms with E-state index in [1.807, 2.05) is 0 Å². The van der Waals surface area contributed by atoms with Gasteiger partial charge in [-0.25, -0.2) is 0 Å². The van der Waals surface area contributed by atoms with E-state index in [0.717, 1.165) is 17.4 Å². The molecule has 2 unspecified atom stereocenters. The second kappa shape index (κ2) is 4.97. The van der Waals surface area contributed by atoms with E-state index in [9.17, 15) is 18.0 Å². The molecule has 0 radical (unpaired) electrons. The molecule has 1 saturated carbocycles. The Morgan fingerprint density at radius 2 is 2.00 bits per heavy atom. The molecule has 9 heteroatoms. The van der Waals surface area contributed by atoms with E-state index in [0.29, 0.717) is 6.42 Å². The van der Waals surface area contributed by atoms with Crippen LogP contribution in [0, 0.1) is 5.92 Å². The van der Waals surface area contributed by atoms with Crippen LogP contribution in [-0.2, 0) is 24.1 Å². The number of carbonyl (C=O) groups excluding carboxylic acids is 1. The van der Waals surface area contributed by atoms with Gasteiger partial charge in [-0.3, -0.25) is 4.79 Å². The largest absolute Gasteiger partial charge is 0.451 e. The molecule has 2 heterocycles. The van der Waals surface area contributed by atoms with Gasteiger partial charge in [0.05, 0.1) is 6.54 Å². The standard InChI is InChI=1S/C12H16F3N5O/c13-12(14,15)11-18-17-9-6-19(3-4-20(9)11)10(21)7-1-2-8(16)5-7/h7-8H,1-6,16H2. The number of halogens is 3. The fourth-order valence-corrected chi connectivity index (χ4v) is 3.05. The highest BCUT2D eigenvalue weighted by molar-refractivity contribution is 5.79. The molecule has 1 aromatic heterocycles. The number of rotatable bonds is 1. The van der Waals surface area contributed by atoms with Crippen molar-refractivity contribution in [3.8, 4) is 0 Å². The van der Waals surface area contributed by atoms with Crippen LogP contribution in [0.15, 0.2) is 0 Å². The van der Waals surface area contributed by atoms with Gasteiger partial charge in [0.1, 0.15) is 0 Å². The maximum Gasteiger partial charge on any atom is 0.451 e. The molecule has 1 fully saturated rings. The van der Waals surface area contributed by atoms with E-state index in [1.165, 1.54) is 0 Å². The molecule has 1 amide bonds. The first kappa shape index (κ1) is 14.3. The van der Waals surface area contributed by atoms with Gasteiger partial charge in [-0.15, -0.1) is 10.2 Å². The Bertz CT molecular complexity index is 556. The summed E-state index contributed by atoms with van der Waals surface area (Å²) in [5.41, 5.74) is 5.80. The first-order valence-electron chi connectivity index (χ1n) is 6.90. The first-order chi connectivity index (χ1) is 9.86. The van der Waals surface area contributed by atoms with E-state index in [4.69, 9.17) is 5.73 Å². The van der Waals surface area contributed by atoms with Crippen molar-refractivity contribution in [2.24, 2.45) is 11.7 Å². The molecule has 6 nitrogen and oxygen atoms in total. The number of aromatic nitrogens is 3. The van der Waals surface area contributed by atoms with Gasteiger partial charge < -0.3 is 15.2 Å². The summed E-state index contributed by atoms with van der Waals surface area (Å²) in [5, 5.41) is 6.77. The summed E-state index contributed by atoms with van der Waals surface area (Å²) in [5.74, 6) is -0.959. The lowest BCUT2D eigenvalue weighted by atomic mass is 10.1. The second-order valence-corrected chi connectivity index (χ2v) is 5.62. The quantitative estimate of drug-likeness (QED) is 0.831. The van der Waals surface area contributed by atoms with Gasteiger partial charge in [-0.05, 0) is 19.3 Å². The summed E-state index contributed by atoms with van der Waals surface area (Å²) < 4.78 is 39.3. The molecule has 116 valence electrons. The lowest BCUT2D eigenvalue weighted by Crippen LogP contribution is -2.42. The summed E-state index contributed by atoms with van der Waals surface area (Å²) in [6, 6.07) is 0.0456. The van der Waals surface area contributed by atoms with Gasteiger partial charge in [0.25, 0.3) is 0 Å². The van der Waals surface area contributed by atoms with Crippen molar-refractivity contribution >= 4 is 5.91 Å². The number of hydrogen-bond acceptors (Lipinski definition) is 4. The Kier molecular flexibility index (Phi) is 3.39. The fourth-order valence-electron chi connectivity index (χ4n) is 3.05. The zero-order valence-corrected chi connectivity index (χ0v) is 11.3. The van der Waals surface area contributed by atoms with Crippen molar-refractivity contribution in [2.75, 3.05) is 6.54 Å².